The van der Waals surface area contributed by atoms with Gasteiger partial charge in [-0.1, -0.05) is 13.8 Å². The standard InChI is InChI=1S/C21H26N4O/c1-14(2)19-20(15(3)4-8-22-19)24-21-17-6-10-25(18(17)5-9-23-21)12-16-7-11-26-13-16/h4-6,8-10,14,16H,7,11-13H2,1-3H3,(H,23,24). The van der Waals surface area contributed by atoms with E-state index in [1.807, 2.05) is 18.5 Å². The van der Waals surface area contributed by atoms with E-state index in [4.69, 9.17) is 4.74 Å². The van der Waals surface area contributed by atoms with Gasteiger partial charge in [-0.25, -0.2) is 4.98 Å². The van der Waals surface area contributed by atoms with E-state index in [-0.39, 0.29) is 0 Å². The molecule has 0 spiro atoms. The highest BCUT2D eigenvalue weighted by Crippen LogP contribution is 2.31. The number of rotatable bonds is 5. The third kappa shape index (κ3) is 3.19. The Kier molecular flexibility index (Phi) is 4.64. The summed E-state index contributed by atoms with van der Waals surface area (Å²) in [5.41, 5.74) is 4.54. The maximum Gasteiger partial charge on any atom is 0.139 e. The summed E-state index contributed by atoms with van der Waals surface area (Å²) in [6.45, 7) is 9.19. The molecule has 0 aromatic carbocycles. The van der Waals surface area contributed by atoms with Gasteiger partial charge in [-0.2, -0.15) is 0 Å². The van der Waals surface area contributed by atoms with Gasteiger partial charge in [0.25, 0.3) is 0 Å². The highest BCUT2D eigenvalue weighted by molar-refractivity contribution is 5.92. The van der Waals surface area contributed by atoms with Crippen LogP contribution >= 0.6 is 0 Å². The Morgan fingerprint density at radius 3 is 2.85 bits per heavy atom. The highest BCUT2D eigenvalue weighted by Gasteiger charge is 2.18. The predicted molar refractivity (Wildman–Crippen MR) is 105 cm³/mol. The quantitative estimate of drug-likeness (QED) is 0.728. The van der Waals surface area contributed by atoms with Gasteiger partial charge < -0.3 is 14.6 Å². The molecule has 0 saturated carbocycles. The Labute approximate surface area is 154 Å². The molecule has 5 heteroatoms. The molecule has 0 bridgehead atoms. The fourth-order valence-electron chi connectivity index (χ4n) is 3.68. The highest BCUT2D eigenvalue weighted by atomic mass is 16.5. The van der Waals surface area contributed by atoms with Crippen LogP contribution in [0, 0.1) is 12.8 Å². The summed E-state index contributed by atoms with van der Waals surface area (Å²) in [6, 6.07) is 6.29. The minimum Gasteiger partial charge on any atom is -0.381 e. The number of ether oxygens (including phenoxy) is 1. The van der Waals surface area contributed by atoms with Gasteiger partial charge in [0, 0.05) is 43.0 Å². The Morgan fingerprint density at radius 1 is 1.23 bits per heavy atom. The maximum atomic E-state index is 5.52. The topological polar surface area (TPSA) is 52.0 Å². The van der Waals surface area contributed by atoms with Crippen molar-refractivity contribution < 1.29 is 4.74 Å². The van der Waals surface area contributed by atoms with Crippen molar-refractivity contribution in [3.63, 3.8) is 0 Å². The molecule has 5 nitrogen and oxygen atoms in total. The van der Waals surface area contributed by atoms with Crippen molar-refractivity contribution in [1.82, 2.24) is 14.5 Å². The van der Waals surface area contributed by atoms with Crippen LogP contribution in [0.5, 0.6) is 0 Å². The molecule has 1 aliphatic heterocycles. The van der Waals surface area contributed by atoms with Gasteiger partial charge in [0.15, 0.2) is 0 Å². The summed E-state index contributed by atoms with van der Waals surface area (Å²) in [7, 11) is 0. The fourth-order valence-corrected chi connectivity index (χ4v) is 3.68. The summed E-state index contributed by atoms with van der Waals surface area (Å²) < 4.78 is 7.84. The van der Waals surface area contributed by atoms with Gasteiger partial charge in [-0.05, 0) is 43.0 Å². The first-order valence-corrected chi connectivity index (χ1v) is 9.37. The van der Waals surface area contributed by atoms with Crippen LogP contribution in [-0.2, 0) is 11.3 Å². The minimum atomic E-state index is 0.351. The summed E-state index contributed by atoms with van der Waals surface area (Å²) in [4.78, 5) is 9.19. The van der Waals surface area contributed by atoms with E-state index in [2.05, 4.69) is 59.0 Å². The second-order valence-corrected chi connectivity index (χ2v) is 7.46. The number of anilines is 2. The average molecular weight is 350 g/mol. The van der Waals surface area contributed by atoms with Crippen LogP contribution in [-0.4, -0.2) is 27.7 Å². The molecule has 1 N–H and O–H groups in total. The number of aromatic nitrogens is 3. The molecule has 136 valence electrons. The lowest BCUT2D eigenvalue weighted by molar-refractivity contribution is 0.183. The second-order valence-electron chi connectivity index (χ2n) is 7.46. The Bertz CT molecular complexity index is 910. The zero-order chi connectivity index (χ0) is 18.1. The van der Waals surface area contributed by atoms with E-state index in [1.54, 1.807) is 0 Å². The van der Waals surface area contributed by atoms with Crippen molar-refractivity contribution in [1.29, 1.82) is 0 Å². The molecule has 4 heterocycles. The number of pyridine rings is 2. The van der Waals surface area contributed by atoms with Gasteiger partial charge in [0.05, 0.1) is 23.5 Å². The van der Waals surface area contributed by atoms with Crippen LogP contribution in [0.4, 0.5) is 11.5 Å². The lowest BCUT2D eigenvalue weighted by atomic mass is 10.0. The minimum absolute atomic E-state index is 0.351. The van der Waals surface area contributed by atoms with Crippen LogP contribution in [0.25, 0.3) is 10.9 Å². The van der Waals surface area contributed by atoms with E-state index >= 15 is 0 Å². The van der Waals surface area contributed by atoms with Crippen LogP contribution in [0.1, 0.15) is 37.4 Å². The van der Waals surface area contributed by atoms with E-state index in [1.165, 1.54) is 11.1 Å². The molecule has 26 heavy (non-hydrogen) atoms. The molecule has 1 unspecified atom stereocenters. The Hall–Kier alpha value is -2.40. The lowest BCUT2D eigenvalue weighted by Crippen LogP contribution is -2.09. The zero-order valence-corrected chi connectivity index (χ0v) is 15.7. The van der Waals surface area contributed by atoms with Crippen molar-refractivity contribution in [3.8, 4) is 0 Å². The van der Waals surface area contributed by atoms with E-state index < -0.39 is 0 Å². The SMILES string of the molecule is Cc1ccnc(C(C)C)c1Nc1nccc2c1ccn2CC1CCOC1. The van der Waals surface area contributed by atoms with E-state index in [9.17, 15) is 0 Å². The largest absolute Gasteiger partial charge is 0.381 e. The van der Waals surface area contributed by atoms with Crippen molar-refractivity contribution >= 4 is 22.4 Å². The molecule has 0 amide bonds. The van der Waals surface area contributed by atoms with Gasteiger partial charge in [0.2, 0.25) is 0 Å². The normalized spacial score (nSPS) is 17.3. The van der Waals surface area contributed by atoms with Crippen molar-refractivity contribution in [2.24, 2.45) is 5.92 Å². The van der Waals surface area contributed by atoms with Crippen LogP contribution in [0.15, 0.2) is 36.8 Å². The number of fused-ring (bicyclic) bond motifs is 1. The maximum absolute atomic E-state index is 5.52. The number of nitrogens with one attached hydrogen (secondary N) is 1. The van der Waals surface area contributed by atoms with Crippen LogP contribution < -0.4 is 5.32 Å². The van der Waals surface area contributed by atoms with Crippen molar-refractivity contribution in [2.75, 3.05) is 18.5 Å². The molecule has 4 rings (SSSR count). The van der Waals surface area contributed by atoms with Gasteiger partial charge >= 0.3 is 0 Å². The lowest BCUT2D eigenvalue weighted by Gasteiger charge is -2.16. The Balaban J connectivity index is 1.69. The van der Waals surface area contributed by atoms with E-state index in [0.29, 0.717) is 11.8 Å². The molecular weight excluding hydrogens is 324 g/mol. The first-order valence-electron chi connectivity index (χ1n) is 9.37. The Morgan fingerprint density at radius 2 is 2.08 bits per heavy atom. The van der Waals surface area contributed by atoms with Crippen molar-refractivity contribution in [2.45, 2.75) is 39.7 Å². The van der Waals surface area contributed by atoms with Gasteiger partial charge in [-0.15, -0.1) is 0 Å². The number of hydrogen-bond acceptors (Lipinski definition) is 4. The molecular formula is C21H26N4O. The molecule has 1 saturated heterocycles. The van der Waals surface area contributed by atoms with Crippen LogP contribution in [0.2, 0.25) is 0 Å². The van der Waals surface area contributed by atoms with Gasteiger partial charge in [0.1, 0.15) is 5.82 Å². The summed E-state index contributed by atoms with van der Waals surface area (Å²) in [6.07, 6.45) is 7.06. The van der Waals surface area contributed by atoms with Gasteiger partial charge in [-0.3, -0.25) is 4.98 Å². The monoisotopic (exact) mass is 350 g/mol. The average Bonchev–Trinajstić information content (AvgIpc) is 3.28. The smallest absolute Gasteiger partial charge is 0.139 e. The van der Waals surface area contributed by atoms with Crippen LogP contribution in [0.3, 0.4) is 0 Å². The first-order chi connectivity index (χ1) is 12.6. The summed E-state index contributed by atoms with van der Waals surface area (Å²) in [5, 5.41) is 4.70. The molecule has 3 aromatic heterocycles. The molecule has 3 aromatic rings. The number of aryl methyl sites for hydroxylation is 1. The fraction of sp³-hybridized carbons (Fsp3) is 0.429. The first kappa shape index (κ1) is 17.0. The zero-order valence-electron chi connectivity index (χ0n) is 15.7. The second kappa shape index (κ2) is 7.08. The third-order valence-corrected chi connectivity index (χ3v) is 5.16. The summed E-state index contributed by atoms with van der Waals surface area (Å²) >= 11 is 0. The third-order valence-electron chi connectivity index (χ3n) is 5.16. The molecule has 1 aliphatic rings. The molecule has 1 fully saturated rings. The van der Waals surface area contributed by atoms with E-state index in [0.717, 1.165) is 48.8 Å². The van der Waals surface area contributed by atoms with Crippen molar-refractivity contribution in [3.05, 3.63) is 48.0 Å². The summed E-state index contributed by atoms with van der Waals surface area (Å²) in [5.74, 6) is 1.84. The number of nitrogens with zero attached hydrogens (tertiary/aromatic N) is 3. The number of hydrogen-bond donors (Lipinski definition) is 1. The molecule has 1 atom stereocenters. The predicted octanol–water partition coefficient (Wildman–Crippen LogP) is 4.64. The molecule has 0 radical (unpaired) electrons. The molecule has 0 aliphatic carbocycles.